The summed E-state index contributed by atoms with van der Waals surface area (Å²) in [6, 6.07) is 11.9. The third-order valence-electron chi connectivity index (χ3n) is 5.90. The quantitative estimate of drug-likeness (QED) is 0.695. The maximum Gasteiger partial charge on any atom is 0.266 e. The van der Waals surface area contributed by atoms with Crippen molar-refractivity contribution in [3.63, 3.8) is 0 Å². The minimum atomic E-state index is -0.403. The molecule has 0 aromatic heterocycles. The first-order valence-electron chi connectivity index (χ1n) is 10.6. The second-order valence-corrected chi connectivity index (χ2v) is 7.69. The molecule has 1 saturated heterocycles. The number of carbonyl (C=O) groups is 3. The summed E-state index contributed by atoms with van der Waals surface area (Å²) in [6.07, 6.45) is 4.06. The lowest BCUT2D eigenvalue weighted by Gasteiger charge is -2.35. The molecule has 6 heteroatoms. The first kappa shape index (κ1) is 20.1. The topological polar surface area (TPSA) is 66.9 Å². The van der Waals surface area contributed by atoms with Crippen molar-refractivity contribution in [2.75, 3.05) is 18.1 Å². The highest BCUT2D eigenvalue weighted by Crippen LogP contribution is 2.31. The molecule has 4 rings (SSSR count). The number of nitrogens with zero attached hydrogens (tertiary/aromatic N) is 2. The van der Waals surface area contributed by atoms with E-state index >= 15 is 0 Å². The largest absolute Gasteiger partial charge is 0.494 e. The van der Waals surface area contributed by atoms with Crippen molar-refractivity contribution in [3.05, 3.63) is 59.2 Å². The highest BCUT2D eigenvalue weighted by atomic mass is 16.5. The number of likely N-dealkylation sites (tertiary alicyclic amines) is 1. The number of carbonyl (C=O) groups excluding carboxylic acids is 3. The van der Waals surface area contributed by atoms with Crippen molar-refractivity contribution >= 4 is 23.4 Å². The van der Waals surface area contributed by atoms with E-state index in [1.54, 1.807) is 42.5 Å². The monoisotopic (exact) mass is 406 g/mol. The van der Waals surface area contributed by atoms with Crippen molar-refractivity contribution in [1.82, 2.24) is 4.90 Å². The molecule has 0 saturated carbocycles. The van der Waals surface area contributed by atoms with E-state index in [1.165, 1.54) is 0 Å². The number of amides is 3. The second kappa shape index (κ2) is 8.30. The van der Waals surface area contributed by atoms with Gasteiger partial charge >= 0.3 is 0 Å². The van der Waals surface area contributed by atoms with E-state index in [-0.39, 0.29) is 23.4 Å². The summed E-state index contributed by atoms with van der Waals surface area (Å²) in [5.74, 6) is -0.163. The van der Waals surface area contributed by atoms with Gasteiger partial charge in [0.2, 0.25) is 0 Å². The molecule has 2 heterocycles. The Hall–Kier alpha value is -3.15. The molecule has 0 bridgehead atoms. The second-order valence-electron chi connectivity index (χ2n) is 7.69. The summed E-state index contributed by atoms with van der Waals surface area (Å²) in [4.78, 5) is 42.1. The van der Waals surface area contributed by atoms with Crippen molar-refractivity contribution in [2.45, 2.75) is 45.6 Å². The Balaban J connectivity index is 1.61. The van der Waals surface area contributed by atoms with Gasteiger partial charge in [-0.05, 0) is 75.1 Å². The number of piperidine rings is 1. The number of hydrogen-bond donors (Lipinski definition) is 0. The first-order valence-corrected chi connectivity index (χ1v) is 10.6. The number of ether oxygens (including phenoxy) is 1. The van der Waals surface area contributed by atoms with Crippen LogP contribution in [0.4, 0.5) is 5.69 Å². The molecule has 2 aliphatic heterocycles. The Labute approximate surface area is 176 Å². The van der Waals surface area contributed by atoms with Gasteiger partial charge in [-0.2, -0.15) is 0 Å². The number of anilines is 1. The van der Waals surface area contributed by atoms with Crippen molar-refractivity contribution < 1.29 is 19.1 Å². The van der Waals surface area contributed by atoms with Gasteiger partial charge in [0.05, 0.1) is 23.4 Å². The van der Waals surface area contributed by atoms with Gasteiger partial charge in [0.15, 0.2) is 0 Å². The summed E-state index contributed by atoms with van der Waals surface area (Å²) in [7, 11) is 0. The molecule has 1 atom stereocenters. The molecule has 1 fully saturated rings. The van der Waals surface area contributed by atoms with Gasteiger partial charge in [-0.1, -0.05) is 6.92 Å². The normalized spacial score (nSPS) is 18.5. The summed E-state index contributed by atoms with van der Waals surface area (Å²) in [5, 5.41) is 0. The van der Waals surface area contributed by atoms with E-state index in [1.807, 2.05) is 11.8 Å². The molecule has 3 amide bonds. The lowest BCUT2D eigenvalue weighted by molar-refractivity contribution is 0.0607. The van der Waals surface area contributed by atoms with Crippen LogP contribution < -0.4 is 9.64 Å². The van der Waals surface area contributed by atoms with E-state index in [9.17, 15) is 14.4 Å². The Bertz CT molecular complexity index is 983. The standard InChI is InChI=1S/C24H26N2O4/c1-3-17-7-5-6-14-25(17)22(27)16-8-13-20-21(15-16)24(29)26(23(20)28)18-9-11-19(12-10-18)30-4-2/h8-13,15,17H,3-7,14H2,1-2H3. The van der Waals surface area contributed by atoms with E-state index in [0.717, 1.165) is 37.1 Å². The van der Waals surface area contributed by atoms with Gasteiger partial charge in [0.25, 0.3) is 17.7 Å². The van der Waals surface area contributed by atoms with Crippen LogP contribution in [0.2, 0.25) is 0 Å². The smallest absolute Gasteiger partial charge is 0.266 e. The predicted molar refractivity (Wildman–Crippen MR) is 114 cm³/mol. The molecule has 2 aromatic rings. The number of rotatable bonds is 5. The van der Waals surface area contributed by atoms with Crippen LogP contribution in [0.25, 0.3) is 0 Å². The molecular weight excluding hydrogens is 380 g/mol. The van der Waals surface area contributed by atoms with Crippen molar-refractivity contribution in [3.8, 4) is 5.75 Å². The van der Waals surface area contributed by atoms with Crippen LogP contribution in [0.3, 0.4) is 0 Å². The van der Waals surface area contributed by atoms with Crippen LogP contribution in [0.15, 0.2) is 42.5 Å². The van der Waals surface area contributed by atoms with Gasteiger partial charge in [0, 0.05) is 18.2 Å². The van der Waals surface area contributed by atoms with E-state index in [2.05, 4.69) is 6.92 Å². The Kier molecular flexibility index (Phi) is 5.57. The molecule has 6 nitrogen and oxygen atoms in total. The van der Waals surface area contributed by atoms with E-state index in [4.69, 9.17) is 4.74 Å². The molecule has 30 heavy (non-hydrogen) atoms. The van der Waals surface area contributed by atoms with Gasteiger partial charge in [-0.15, -0.1) is 0 Å². The molecule has 1 unspecified atom stereocenters. The fourth-order valence-electron chi connectivity index (χ4n) is 4.32. The van der Waals surface area contributed by atoms with Gasteiger partial charge < -0.3 is 9.64 Å². The molecule has 2 aliphatic rings. The fourth-order valence-corrected chi connectivity index (χ4v) is 4.32. The van der Waals surface area contributed by atoms with Crippen molar-refractivity contribution in [1.29, 1.82) is 0 Å². The average Bonchev–Trinajstić information content (AvgIpc) is 3.03. The number of hydrogen-bond acceptors (Lipinski definition) is 4. The van der Waals surface area contributed by atoms with E-state index < -0.39 is 5.91 Å². The molecule has 0 aliphatic carbocycles. The average molecular weight is 406 g/mol. The maximum atomic E-state index is 13.1. The van der Waals surface area contributed by atoms with Crippen LogP contribution in [0.1, 0.15) is 70.6 Å². The minimum Gasteiger partial charge on any atom is -0.494 e. The van der Waals surface area contributed by atoms with E-state index in [0.29, 0.717) is 29.2 Å². The Morgan fingerprint density at radius 2 is 1.73 bits per heavy atom. The predicted octanol–water partition coefficient (Wildman–Crippen LogP) is 4.29. The van der Waals surface area contributed by atoms with Gasteiger partial charge in [-0.25, -0.2) is 4.90 Å². The zero-order valence-corrected chi connectivity index (χ0v) is 17.4. The van der Waals surface area contributed by atoms with Crippen LogP contribution in [0, 0.1) is 0 Å². The fraction of sp³-hybridized carbons (Fsp3) is 0.375. The third kappa shape index (κ3) is 3.47. The lowest BCUT2D eigenvalue weighted by atomic mass is 9.98. The zero-order valence-electron chi connectivity index (χ0n) is 17.4. The van der Waals surface area contributed by atoms with Crippen LogP contribution in [-0.2, 0) is 0 Å². The highest BCUT2D eigenvalue weighted by Gasteiger charge is 2.37. The molecule has 156 valence electrons. The molecule has 2 aromatic carbocycles. The molecule has 0 N–H and O–H groups in total. The lowest BCUT2D eigenvalue weighted by Crippen LogP contribution is -2.43. The summed E-state index contributed by atoms with van der Waals surface area (Å²) < 4.78 is 5.43. The summed E-state index contributed by atoms with van der Waals surface area (Å²) in [6.45, 7) is 5.26. The third-order valence-corrected chi connectivity index (χ3v) is 5.90. The van der Waals surface area contributed by atoms with Gasteiger partial charge in [-0.3, -0.25) is 14.4 Å². The maximum absolute atomic E-state index is 13.1. The number of benzene rings is 2. The van der Waals surface area contributed by atoms with Gasteiger partial charge in [0.1, 0.15) is 5.75 Å². The molecule has 0 radical (unpaired) electrons. The van der Waals surface area contributed by atoms with Crippen LogP contribution >= 0.6 is 0 Å². The zero-order chi connectivity index (χ0) is 21.3. The van der Waals surface area contributed by atoms with Crippen molar-refractivity contribution in [2.24, 2.45) is 0 Å². The minimum absolute atomic E-state index is 0.0656. The highest BCUT2D eigenvalue weighted by molar-refractivity contribution is 6.34. The summed E-state index contributed by atoms with van der Waals surface area (Å²) in [5.41, 5.74) is 1.56. The summed E-state index contributed by atoms with van der Waals surface area (Å²) >= 11 is 0. The Morgan fingerprint density at radius 3 is 2.43 bits per heavy atom. The first-order chi connectivity index (χ1) is 14.5. The SMILES string of the molecule is CCOc1ccc(N2C(=O)c3ccc(C(=O)N4CCCCC4CC)cc3C2=O)cc1. The van der Waals surface area contributed by atoms with Crippen LogP contribution in [0.5, 0.6) is 5.75 Å². The number of imide groups is 1. The molecule has 0 spiro atoms. The molecular formula is C24H26N2O4. The van der Waals surface area contributed by atoms with Crippen LogP contribution in [-0.4, -0.2) is 41.8 Å². The number of fused-ring (bicyclic) bond motifs is 1. The Morgan fingerprint density at radius 1 is 1.00 bits per heavy atom.